The van der Waals surface area contributed by atoms with Crippen molar-refractivity contribution >= 4 is 153 Å². The number of nitrogens with zero attached hydrogens (tertiary/aromatic N) is 2. The Morgan fingerprint density at radius 2 is 0.671 bits per heavy atom. The summed E-state index contributed by atoms with van der Waals surface area (Å²) in [6, 6.07) is 74.4. The second kappa shape index (κ2) is 14.3. The Hall–Kier alpha value is -9.21. The highest BCUT2D eigenvalue weighted by atomic mass is 32.1. The highest BCUT2D eigenvalue weighted by Crippen LogP contribution is 2.48. The molecule has 0 N–H and O–H groups in total. The Morgan fingerprint density at radius 1 is 0.289 bits per heavy atom. The molecule has 0 spiro atoms. The fourth-order valence-corrected chi connectivity index (χ4v) is 16.2. The van der Waals surface area contributed by atoms with Gasteiger partial charge < -0.3 is 28.1 Å². The Morgan fingerprint density at radius 3 is 1.13 bits per heavy atom. The second-order valence-corrected chi connectivity index (χ2v) is 22.7. The molecule has 8 heterocycles. The van der Waals surface area contributed by atoms with E-state index >= 15 is 0 Å². The molecule has 76 heavy (non-hydrogen) atoms. The normalized spacial score (nSPS) is 13.6. The number of aromatic nitrogens is 2. The zero-order valence-corrected chi connectivity index (χ0v) is 41.8. The smallest absolute Gasteiger partial charge is 0.260 e. The predicted molar refractivity (Wildman–Crippen MR) is 316 cm³/mol. The maximum Gasteiger partial charge on any atom is 0.260 e. The van der Waals surface area contributed by atoms with Crippen LogP contribution in [-0.4, -0.2) is 22.6 Å². The zero-order chi connectivity index (χ0) is 49.1. The van der Waals surface area contributed by atoms with Crippen molar-refractivity contribution < 1.29 is 18.9 Å². The average Bonchev–Trinajstić information content (AvgIpc) is 4.36. The Balaban J connectivity index is 0.807. The van der Waals surface area contributed by atoms with Crippen molar-refractivity contribution in [2.75, 3.05) is 0 Å². The van der Waals surface area contributed by atoms with Crippen LogP contribution in [0.2, 0.25) is 0 Å². The molecule has 15 aromatic rings. The molecule has 10 heteroatoms. The van der Waals surface area contributed by atoms with E-state index in [9.17, 15) is 0 Å². The third-order valence-corrected chi connectivity index (χ3v) is 19.1. The number of para-hydroxylation sites is 4. The summed E-state index contributed by atoms with van der Waals surface area (Å²) in [5, 5.41) is 10.1. The van der Waals surface area contributed by atoms with E-state index in [2.05, 4.69) is 215 Å². The molecule has 0 unspecified atom stereocenters. The van der Waals surface area contributed by atoms with Gasteiger partial charge in [-0.2, -0.15) is 0 Å². The zero-order valence-electron chi connectivity index (χ0n) is 40.1. The number of benzene rings is 11. The molecule has 0 fully saturated rings. The van der Waals surface area contributed by atoms with Crippen molar-refractivity contribution in [1.82, 2.24) is 9.13 Å². The van der Waals surface area contributed by atoms with E-state index in [1.807, 2.05) is 22.7 Å². The summed E-state index contributed by atoms with van der Waals surface area (Å²) in [7, 11) is 0. The molecule has 4 aliphatic rings. The van der Waals surface area contributed by atoms with Gasteiger partial charge in [-0.05, 0) is 82.5 Å². The first-order valence-corrected chi connectivity index (χ1v) is 27.4. The lowest BCUT2D eigenvalue weighted by Crippen LogP contribution is -2.60. The minimum absolute atomic E-state index is 0.174. The lowest BCUT2D eigenvalue weighted by atomic mass is 9.32. The number of rotatable bonds is 2. The van der Waals surface area contributed by atoms with E-state index in [1.54, 1.807) is 0 Å². The predicted octanol–water partition coefficient (Wildman–Crippen LogP) is 14.1. The van der Waals surface area contributed by atoms with Gasteiger partial charge >= 0.3 is 0 Å². The lowest BCUT2D eigenvalue weighted by Gasteiger charge is -2.37. The minimum Gasteiger partial charge on any atom is -0.458 e. The SMILES string of the molecule is c1ccc2c(c1)Oc1cc(-n3c4ccccc4c4c5sc6ccccc6c5ccc43)cc3c1B2c1cc2c(cc1O3)B1c3ccccc3Oc3cc(-n4c5ccccc5c5c6sc7ccccc7c6ccc54)cc(c31)O2. The molecular weight excluding hydrogens is 970 g/mol. The molecule has 0 atom stereocenters. The van der Waals surface area contributed by atoms with Crippen LogP contribution in [0, 0.1) is 0 Å². The Labute approximate surface area is 441 Å². The largest absolute Gasteiger partial charge is 0.458 e. The van der Waals surface area contributed by atoms with Crippen LogP contribution in [0.3, 0.4) is 0 Å². The maximum absolute atomic E-state index is 7.31. The molecule has 0 saturated carbocycles. The lowest BCUT2D eigenvalue weighted by molar-refractivity contribution is 0.457. The highest BCUT2D eigenvalue weighted by molar-refractivity contribution is 7.27. The monoisotopic (exact) mass is 1000 g/mol. The molecule has 0 aliphatic carbocycles. The molecule has 4 aliphatic heterocycles. The van der Waals surface area contributed by atoms with Crippen LogP contribution < -0.4 is 51.7 Å². The van der Waals surface area contributed by atoms with Gasteiger partial charge in [-0.25, -0.2) is 0 Å². The van der Waals surface area contributed by atoms with E-state index in [4.69, 9.17) is 18.9 Å². The summed E-state index contributed by atoms with van der Waals surface area (Å²) in [4.78, 5) is 0. The van der Waals surface area contributed by atoms with E-state index < -0.39 is 0 Å². The van der Waals surface area contributed by atoms with E-state index in [1.165, 1.54) is 61.9 Å². The fourth-order valence-electron chi connectivity index (χ4n) is 13.6. The van der Waals surface area contributed by atoms with E-state index in [-0.39, 0.29) is 13.4 Å². The van der Waals surface area contributed by atoms with Crippen molar-refractivity contribution in [3.05, 3.63) is 206 Å². The average molecular weight is 1000 g/mol. The Bertz CT molecular complexity index is 4860. The van der Waals surface area contributed by atoms with Crippen LogP contribution in [0.1, 0.15) is 0 Å². The molecule has 0 bridgehead atoms. The van der Waals surface area contributed by atoms with Crippen molar-refractivity contribution in [2.45, 2.75) is 0 Å². The number of hydrogen-bond donors (Lipinski definition) is 0. The van der Waals surface area contributed by atoms with Gasteiger partial charge in [-0.3, -0.25) is 0 Å². The minimum atomic E-state index is -0.174. The summed E-state index contributed by atoms with van der Waals surface area (Å²) in [5.41, 5.74) is 12.8. The standard InChI is InChI=1S/C66H34B2N2O4S2/c1-7-19-47-41(15-1)61-49(27-25-39-37-13-3-11-23-59(37)75-65(39)61)69(47)35-29-55-63-57(31-35)73-53-33-46-54(34-45(53)67(63)43-17-5-9-21-51(43)71-55)74-58-32-36(30-56-64(58)68(46)44-18-6-10-22-52(44)72-56)70-48-20-8-2-16-42(48)62-50(70)28-26-40-38-14-4-12-24-60(38)76-66(40)62/h1-34H. The third-order valence-electron chi connectivity index (χ3n) is 16.7. The summed E-state index contributed by atoms with van der Waals surface area (Å²) in [6.07, 6.45) is 0. The first kappa shape index (κ1) is 40.2. The van der Waals surface area contributed by atoms with Gasteiger partial charge in [0.1, 0.15) is 46.0 Å². The number of hydrogen-bond acceptors (Lipinski definition) is 6. The van der Waals surface area contributed by atoms with Crippen molar-refractivity contribution in [3.63, 3.8) is 0 Å². The van der Waals surface area contributed by atoms with Gasteiger partial charge in [0.15, 0.2) is 0 Å². The van der Waals surface area contributed by atoms with Crippen molar-refractivity contribution in [3.8, 4) is 57.4 Å². The number of thiophene rings is 2. The summed E-state index contributed by atoms with van der Waals surface area (Å²) in [6.45, 7) is -0.349. The number of ether oxygens (including phenoxy) is 4. The fraction of sp³-hybridized carbons (Fsp3) is 0. The van der Waals surface area contributed by atoms with Crippen LogP contribution in [0.15, 0.2) is 206 Å². The first-order valence-electron chi connectivity index (χ1n) is 25.8. The van der Waals surface area contributed by atoms with Gasteiger partial charge in [0.25, 0.3) is 13.4 Å². The topological polar surface area (TPSA) is 46.8 Å². The van der Waals surface area contributed by atoms with Crippen molar-refractivity contribution in [2.24, 2.45) is 0 Å². The van der Waals surface area contributed by atoms with Crippen LogP contribution in [0.25, 0.3) is 95.3 Å². The highest BCUT2D eigenvalue weighted by Gasteiger charge is 2.45. The second-order valence-electron chi connectivity index (χ2n) is 20.6. The maximum atomic E-state index is 7.31. The van der Waals surface area contributed by atoms with Crippen LogP contribution in [0.4, 0.5) is 0 Å². The molecule has 6 nitrogen and oxygen atoms in total. The molecule has 11 aromatic carbocycles. The Kier molecular flexibility index (Phi) is 7.59. The van der Waals surface area contributed by atoms with Crippen LogP contribution in [-0.2, 0) is 0 Å². The summed E-state index contributed by atoms with van der Waals surface area (Å²) in [5.74, 6) is 6.40. The quantitative estimate of drug-likeness (QED) is 0.162. The van der Waals surface area contributed by atoms with Gasteiger partial charge in [0.05, 0.1) is 33.4 Å². The molecule has 4 aromatic heterocycles. The van der Waals surface area contributed by atoms with Gasteiger partial charge in [0.2, 0.25) is 0 Å². The molecule has 0 radical (unpaired) electrons. The molecule has 350 valence electrons. The number of fused-ring (bicyclic) bond motifs is 22. The summed E-state index contributed by atoms with van der Waals surface area (Å²) >= 11 is 3.74. The van der Waals surface area contributed by atoms with E-state index in [0.29, 0.717) is 0 Å². The van der Waals surface area contributed by atoms with Gasteiger partial charge in [-0.1, -0.05) is 121 Å². The first-order chi connectivity index (χ1) is 37.7. The molecule has 19 rings (SSSR count). The third kappa shape index (κ3) is 5.13. The van der Waals surface area contributed by atoms with Crippen LogP contribution in [0.5, 0.6) is 46.0 Å². The molecular formula is C66H34B2N2O4S2. The molecule has 0 amide bonds. The van der Waals surface area contributed by atoms with E-state index in [0.717, 1.165) is 112 Å². The van der Waals surface area contributed by atoms with Gasteiger partial charge in [0, 0.05) is 97.1 Å². The van der Waals surface area contributed by atoms with Gasteiger partial charge in [-0.15, -0.1) is 22.7 Å². The molecule has 0 saturated heterocycles. The summed E-state index contributed by atoms with van der Waals surface area (Å²) < 4.78 is 38.5. The van der Waals surface area contributed by atoms with Crippen LogP contribution >= 0.6 is 22.7 Å². The van der Waals surface area contributed by atoms with Crippen molar-refractivity contribution in [1.29, 1.82) is 0 Å².